The van der Waals surface area contributed by atoms with E-state index in [1.807, 2.05) is 37.3 Å². The SMILES string of the molecule is C#CCCCC1OC(=O)CNC(=O)[C@H](Cc2ccccc2)N(C)C(=O)[C@@H]2CCCN2C(=O)[C@@H]([C@@H](C)CC)OC(=O)C(C(C)C)N(C)C(=O)C(C(C)C)NC(=O)C1(C)C. The summed E-state index contributed by atoms with van der Waals surface area (Å²) in [6, 6.07) is 4.87. The molecule has 58 heavy (non-hydrogen) atoms. The van der Waals surface area contributed by atoms with E-state index in [-0.39, 0.29) is 19.4 Å². The zero-order chi connectivity index (χ0) is 43.5. The first-order chi connectivity index (χ1) is 27.3. The molecule has 2 saturated heterocycles. The fraction of sp³-hybridized carbons (Fsp3) is 0.659. The molecular formula is C44H65N5O9. The van der Waals surface area contributed by atoms with Crippen LogP contribution in [-0.4, -0.2) is 120 Å². The lowest BCUT2D eigenvalue weighted by molar-refractivity contribution is -0.172. The van der Waals surface area contributed by atoms with Gasteiger partial charge in [0.05, 0.1) is 5.41 Å². The minimum atomic E-state index is -1.38. The summed E-state index contributed by atoms with van der Waals surface area (Å²) >= 11 is 0. The third-order valence-corrected chi connectivity index (χ3v) is 11.6. The molecule has 0 aliphatic carbocycles. The number of hydrogen-bond acceptors (Lipinski definition) is 9. The Morgan fingerprint density at radius 2 is 1.55 bits per heavy atom. The number of amides is 5. The van der Waals surface area contributed by atoms with Crippen molar-refractivity contribution >= 4 is 41.5 Å². The minimum Gasteiger partial charge on any atom is -0.460 e. The molecule has 0 spiro atoms. The van der Waals surface area contributed by atoms with E-state index in [4.69, 9.17) is 15.9 Å². The van der Waals surface area contributed by atoms with Gasteiger partial charge in [-0.2, -0.15) is 0 Å². The third-order valence-electron chi connectivity index (χ3n) is 11.6. The van der Waals surface area contributed by atoms with Crippen LogP contribution < -0.4 is 10.6 Å². The first kappa shape index (κ1) is 47.4. The maximum Gasteiger partial charge on any atom is 0.329 e. The van der Waals surface area contributed by atoms with E-state index in [1.165, 1.54) is 28.8 Å². The monoisotopic (exact) mass is 807 g/mol. The molecule has 0 bridgehead atoms. The summed E-state index contributed by atoms with van der Waals surface area (Å²) in [5.41, 5.74) is -0.619. The fourth-order valence-electron chi connectivity index (χ4n) is 7.56. The highest BCUT2D eigenvalue weighted by molar-refractivity contribution is 5.96. The van der Waals surface area contributed by atoms with Crippen LogP contribution >= 0.6 is 0 Å². The number of cyclic esters (lactones) is 2. The number of nitrogens with zero attached hydrogens (tertiary/aromatic N) is 3. The predicted molar refractivity (Wildman–Crippen MR) is 218 cm³/mol. The van der Waals surface area contributed by atoms with Crippen molar-refractivity contribution in [2.24, 2.45) is 23.2 Å². The Hall–Kier alpha value is -4.93. The number of hydrogen-bond donors (Lipinski definition) is 2. The van der Waals surface area contributed by atoms with Crippen molar-refractivity contribution in [2.75, 3.05) is 27.2 Å². The predicted octanol–water partition coefficient (Wildman–Crippen LogP) is 3.50. The van der Waals surface area contributed by atoms with Crippen LogP contribution in [0.3, 0.4) is 0 Å². The molecule has 14 nitrogen and oxygen atoms in total. The highest BCUT2D eigenvalue weighted by Gasteiger charge is 2.46. The highest BCUT2D eigenvalue weighted by atomic mass is 16.6. The number of carbonyl (C=O) groups excluding carboxylic acids is 7. The largest absolute Gasteiger partial charge is 0.460 e. The molecule has 0 saturated carbocycles. The molecule has 1 aromatic carbocycles. The van der Waals surface area contributed by atoms with Crippen molar-refractivity contribution in [3.05, 3.63) is 35.9 Å². The van der Waals surface area contributed by atoms with Crippen molar-refractivity contribution in [1.82, 2.24) is 25.3 Å². The average Bonchev–Trinajstić information content (AvgIpc) is 3.68. The van der Waals surface area contributed by atoms with Gasteiger partial charge in [-0.15, -0.1) is 12.3 Å². The lowest BCUT2D eigenvalue weighted by atomic mass is 9.82. The number of unbranched alkanes of at least 4 members (excludes halogenated alkanes) is 1. The number of carbonyl (C=O) groups is 7. The molecular weight excluding hydrogens is 743 g/mol. The van der Waals surface area contributed by atoms with Crippen LogP contribution in [0.5, 0.6) is 0 Å². The zero-order valence-corrected chi connectivity index (χ0v) is 36.0. The number of likely N-dealkylation sites (N-methyl/N-ethyl adjacent to an activating group) is 2. The Morgan fingerprint density at radius 3 is 2.14 bits per heavy atom. The second kappa shape index (κ2) is 21.2. The molecule has 320 valence electrons. The molecule has 5 amide bonds. The average molecular weight is 808 g/mol. The van der Waals surface area contributed by atoms with Gasteiger partial charge in [0, 0.05) is 39.4 Å². The van der Waals surface area contributed by atoms with E-state index in [0.717, 1.165) is 5.56 Å². The Balaban J connectivity index is 2.16. The number of benzene rings is 1. The zero-order valence-electron chi connectivity index (χ0n) is 36.0. The van der Waals surface area contributed by atoms with Crippen molar-refractivity contribution in [1.29, 1.82) is 0 Å². The van der Waals surface area contributed by atoms with Crippen LogP contribution in [0.15, 0.2) is 30.3 Å². The molecule has 7 atom stereocenters. The molecule has 2 fully saturated rings. The smallest absolute Gasteiger partial charge is 0.329 e. The first-order valence-electron chi connectivity index (χ1n) is 20.6. The van der Waals surface area contributed by atoms with Crippen molar-refractivity contribution in [2.45, 2.75) is 137 Å². The number of ether oxygens (including phenoxy) is 2. The Morgan fingerprint density at radius 1 is 0.897 bits per heavy atom. The van der Waals surface area contributed by atoms with Crippen LogP contribution in [0.4, 0.5) is 0 Å². The maximum atomic E-state index is 14.4. The molecule has 3 rings (SSSR count). The van der Waals surface area contributed by atoms with Crippen LogP contribution in [0, 0.1) is 35.5 Å². The van der Waals surface area contributed by atoms with Crippen molar-refractivity contribution in [3.8, 4) is 12.3 Å². The van der Waals surface area contributed by atoms with Gasteiger partial charge in [0.2, 0.25) is 23.6 Å². The highest BCUT2D eigenvalue weighted by Crippen LogP contribution is 2.30. The van der Waals surface area contributed by atoms with E-state index in [1.54, 1.807) is 48.5 Å². The summed E-state index contributed by atoms with van der Waals surface area (Å²) in [6.45, 7) is 13.6. The third kappa shape index (κ3) is 11.6. The molecule has 2 heterocycles. The van der Waals surface area contributed by atoms with Crippen molar-refractivity contribution in [3.63, 3.8) is 0 Å². The topological polar surface area (TPSA) is 172 Å². The molecule has 14 heteroatoms. The van der Waals surface area contributed by atoms with Gasteiger partial charge in [-0.05, 0) is 63.4 Å². The van der Waals surface area contributed by atoms with E-state index < -0.39 is 108 Å². The van der Waals surface area contributed by atoms with E-state index in [2.05, 4.69) is 16.6 Å². The minimum absolute atomic E-state index is 0.111. The van der Waals surface area contributed by atoms with Gasteiger partial charge in [0.1, 0.15) is 36.8 Å². The summed E-state index contributed by atoms with van der Waals surface area (Å²) in [5, 5.41) is 5.50. The van der Waals surface area contributed by atoms with E-state index in [0.29, 0.717) is 32.1 Å². The molecule has 2 aliphatic rings. The van der Waals surface area contributed by atoms with Crippen LogP contribution in [0.25, 0.3) is 0 Å². The van der Waals surface area contributed by atoms with Gasteiger partial charge in [0.15, 0.2) is 6.10 Å². The summed E-state index contributed by atoms with van der Waals surface area (Å²) in [4.78, 5) is 103. The molecule has 2 aliphatic heterocycles. The second-order valence-corrected chi connectivity index (χ2v) is 16.9. The fourth-order valence-corrected chi connectivity index (χ4v) is 7.56. The second-order valence-electron chi connectivity index (χ2n) is 16.9. The van der Waals surface area contributed by atoms with Crippen LogP contribution in [0.1, 0.15) is 99.5 Å². The summed E-state index contributed by atoms with van der Waals surface area (Å²) in [5.74, 6) is -3.14. The molecule has 2 N–H and O–H groups in total. The Bertz CT molecular complexity index is 1670. The van der Waals surface area contributed by atoms with Gasteiger partial charge >= 0.3 is 11.9 Å². The summed E-state index contributed by atoms with van der Waals surface area (Å²) < 4.78 is 12.0. The van der Waals surface area contributed by atoms with Gasteiger partial charge in [0.25, 0.3) is 5.91 Å². The van der Waals surface area contributed by atoms with Crippen LogP contribution in [0.2, 0.25) is 0 Å². The number of terminal acetylenes is 1. The number of fused-ring (bicyclic) bond motifs is 1. The van der Waals surface area contributed by atoms with E-state index >= 15 is 0 Å². The Kier molecular flexibility index (Phi) is 17.3. The first-order valence-corrected chi connectivity index (χ1v) is 20.6. The maximum absolute atomic E-state index is 14.4. The number of rotatable bonds is 9. The lowest BCUT2D eigenvalue weighted by Crippen LogP contribution is -2.59. The normalized spacial score (nSPS) is 26.5. The van der Waals surface area contributed by atoms with Crippen molar-refractivity contribution < 1.29 is 43.0 Å². The summed E-state index contributed by atoms with van der Waals surface area (Å²) in [6.07, 6.45) is 5.66. The number of esters is 2. The lowest BCUT2D eigenvalue weighted by Gasteiger charge is -2.38. The Labute approximate surface area is 344 Å². The number of nitrogens with one attached hydrogen (secondary N) is 2. The van der Waals surface area contributed by atoms with Gasteiger partial charge < -0.3 is 34.8 Å². The molecule has 0 aromatic heterocycles. The quantitative estimate of drug-likeness (QED) is 0.215. The van der Waals surface area contributed by atoms with Crippen LogP contribution in [-0.2, 0) is 49.5 Å². The summed E-state index contributed by atoms with van der Waals surface area (Å²) in [7, 11) is 2.96. The molecule has 1 aromatic rings. The van der Waals surface area contributed by atoms with E-state index in [9.17, 15) is 33.6 Å². The molecule has 0 radical (unpaired) electrons. The van der Waals surface area contributed by atoms with Gasteiger partial charge in [-0.1, -0.05) is 71.9 Å². The van der Waals surface area contributed by atoms with Gasteiger partial charge in [-0.25, -0.2) is 4.79 Å². The van der Waals surface area contributed by atoms with Gasteiger partial charge in [-0.3, -0.25) is 28.8 Å². The standard InChI is InChI=1S/C44H65N5O9/c1-12-14-16-23-33-44(8,9)43(56)46-35(27(3)4)40(53)48(11)36(28(5)6)42(55)58-37(29(7)13-2)41(54)49-24-19-22-31(49)39(52)47(10)32(25-30-20-17-15-18-21-30)38(51)45-26-34(50)57-33/h1,15,17-18,20-21,27-29,31-33,35-37H,13-14,16,19,22-26H2,2-11H3,(H,45,51)(H,46,56)/t29-,31-,32-,33?,35?,36?,37+/m0/s1. The molecule has 3 unspecified atom stereocenters.